The maximum Gasteiger partial charge on any atom is 0.167 e. The van der Waals surface area contributed by atoms with E-state index in [4.69, 9.17) is 24.4 Å². The Morgan fingerprint density at radius 1 is 0.385 bits per heavy atom. The second kappa shape index (κ2) is 12.3. The third-order valence-electron chi connectivity index (χ3n) is 9.49. The Hall–Kier alpha value is -7.18. The summed E-state index contributed by atoms with van der Waals surface area (Å²) in [5.41, 5.74) is 10.0. The van der Waals surface area contributed by atoms with Gasteiger partial charge in [-0.25, -0.2) is 19.9 Å². The van der Waals surface area contributed by atoms with Crippen molar-refractivity contribution in [2.75, 3.05) is 0 Å². The normalized spacial score (nSPS) is 11.5. The van der Waals surface area contributed by atoms with Crippen molar-refractivity contribution in [3.63, 3.8) is 0 Å². The highest BCUT2D eigenvalue weighted by atomic mass is 16.3. The predicted molar refractivity (Wildman–Crippen MR) is 209 cm³/mol. The fourth-order valence-electron chi connectivity index (χ4n) is 7.08. The van der Waals surface area contributed by atoms with E-state index in [2.05, 4.69) is 89.5 Å². The number of hydrogen-bond donors (Lipinski definition) is 0. The van der Waals surface area contributed by atoms with Gasteiger partial charge in [0.2, 0.25) is 0 Å². The summed E-state index contributed by atoms with van der Waals surface area (Å²) in [6.45, 7) is 0. The SMILES string of the molecule is c1ccc(-c2nc(-c3ccccc3)nc(-c3cccc4c3oc3c(-c5nc6ccccc6n5-c5ccccc5)c(-c5ccccc5)ccc34)n2)cc1. The van der Waals surface area contributed by atoms with Crippen molar-refractivity contribution < 1.29 is 4.42 Å². The molecule has 0 aliphatic carbocycles. The Morgan fingerprint density at radius 3 is 1.62 bits per heavy atom. The lowest BCUT2D eigenvalue weighted by molar-refractivity contribution is 0.670. The van der Waals surface area contributed by atoms with Crippen LogP contribution in [-0.2, 0) is 0 Å². The molecule has 0 fully saturated rings. The van der Waals surface area contributed by atoms with E-state index in [1.165, 1.54) is 0 Å². The highest BCUT2D eigenvalue weighted by Gasteiger charge is 2.25. The number of imidazole rings is 1. The average Bonchev–Trinajstić information content (AvgIpc) is 3.80. The molecule has 6 heteroatoms. The van der Waals surface area contributed by atoms with Crippen molar-refractivity contribution in [2.24, 2.45) is 0 Å². The molecular weight excluding hydrogens is 639 g/mol. The van der Waals surface area contributed by atoms with Gasteiger partial charge in [-0.3, -0.25) is 4.57 Å². The first kappa shape index (κ1) is 29.7. The third-order valence-corrected chi connectivity index (χ3v) is 9.49. The minimum absolute atomic E-state index is 0.540. The van der Waals surface area contributed by atoms with Gasteiger partial charge in [-0.05, 0) is 47.5 Å². The molecule has 52 heavy (non-hydrogen) atoms. The molecular formula is C46H29N5O. The van der Waals surface area contributed by atoms with E-state index in [1.54, 1.807) is 0 Å². The molecule has 0 amide bonds. The van der Waals surface area contributed by atoms with Crippen molar-refractivity contribution in [1.82, 2.24) is 24.5 Å². The number of furan rings is 1. The van der Waals surface area contributed by atoms with Crippen molar-refractivity contribution in [2.45, 2.75) is 0 Å². The van der Waals surface area contributed by atoms with Crippen LogP contribution in [0.1, 0.15) is 0 Å². The van der Waals surface area contributed by atoms with Crippen LogP contribution in [0.25, 0.3) is 95.3 Å². The van der Waals surface area contributed by atoms with Crippen LogP contribution >= 0.6 is 0 Å². The van der Waals surface area contributed by atoms with Gasteiger partial charge in [0.15, 0.2) is 17.5 Å². The zero-order valence-electron chi connectivity index (χ0n) is 27.9. The van der Waals surface area contributed by atoms with Crippen LogP contribution in [0.4, 0.5) is 0 Å². The molecule has 0 spiro atoms. The summed E-state index contributed by atoms with van der Waals surface area (Å²) >= 11 is 0. The second-order valence-electron chi connectivity index (χ2n) is 12.6. The Labute approximate surface area is 299 Å². The zero-order chi connectivity index (χ0) is 34.4. The van der Waals surface area contributed by atoms with Crippen LogP contribution in [0, 0.1) is 0 Å². The first-order valence-electron chi connectivity index (χ1n) is 17.2. The number of para-hydroxylation sites is 4. The highest BCUT2D eigenvalue weighted by molar-refractivity contribution is 6.15. The van der Waals surface area contributed by atoms with Crippen LogP contribution < -0.4 is 0 Å². The molecule has 0 saturated carbocycles. The van der Waals surface area contributed by atoms with Crippen molar-refractivity contribution in [1.29, 1.82) is 0 Å². The molecule has 10 rings (SSSR count). The zero-order valence-corrected chi connectivity index (χ0v) is 27.9. The van der Waals surface area contributed by atoms with Gasteiger partial charge in [0, 0.05) is 27.6 Å². The second-order valence-corrected chi connectivity index (χ2v) is 12.6. The van der Waals surface area contributed by atoms with Gasteiger partial charge in [0.25, 0.3) is 0 Å². The summed E-state index contributed by atoms with van der Waals surface area (Å²) in [5.74, 6) is 2.54. The summed E-state index contributed by atoms with van der Waals surface area (Å²) in [4.78, 5) is 20.3. The number of fused-ring (bicyclic) bond motifs is 4. The molecule has 244 valence electrons. The van der Waals surface area contributed by atoms with Gasteiger partial charge in [-0.2, -0.15) is 0 Å². The maximum atomic E-state index is 7.11. The van der Waals surface area contributed by atoms with Crippen molar-refractivity contribution in [3.05, 3.63) is 176 Å². The third kappa shape index (κ3) is 4.96. The number of rotatable bonds is 6. The summed E-state index contributed by atoms with van der Waals surface area (Å²) in [7, 11) is 0. The van der Waals surface area contributed by atoms with E-state index < -0.39 is 0 Å². The molecule has 0 N–H and O–H groups in total. The predicted octanol–water partition coefficient (Wildman–Crippen LogP) is 11.4. The summed E-state index contributed by atoms with van der Waals surface area (Å²) in [6, 6.07) is 59.7. The Morgan fingerprint density at radius 2 is 0.942 bits per heavy atom. The molecule has 0 aliphatic rings. The van der Waals surface area contributed by atoms with E-state index in [9.17, 15) is 0 Å². The van der Waals surface area contributed by atoms with Crippen molar-refractivity contribution >= 4 is 33.0 Å². The van der Waals surface area contributed by atoms with Crippen LogP contribution in [-0.4, -0.2) is 24.5 Å². The summed E-state index contributed by atoms with van der Waals surface area (Å²) in [5, 5.41) is 1.96. The highest BCUT2D eigenvalue weighted by Crippen LogP contribution is 2.45. The van der Waals surface area contributed by atoms with E-state index in [0.717, 1.165) is 72.3 Å². The molecule has 0 saturated heterocycles. The molecule has 0 aliphatic heterocycles. The minimum atomic E-state index is 0.540. The van der Waals surface area contributed by atoms with E-state index >= 15 is 0 Å². The van der Waals surface area contributed by atoms with Crippen LogP contribution in [0.3, 0.4) is 0 Å². The number of benzene rings is 7. The van der Waals surface area contributed by atoms with Crippen LogP contribution in [0.2, 0.25) is 0 Å². The Kier molecular flexibility index (Phi) is 7.03. The monoisotopic (exact) mass is 667 g/mol. The summed E-state index contributed by atoms with van der Waals surface area (Å²) < 4.78 is 9.34. The van der Waals surface area contributed by atoms with Gasteiger partial charge in [0.05, 0.1) is 22.2 Å². The number of hydrogen-bond acceptors (Lipinski definition) is 5. The quantitative estimate of drug-likeness (QED) is 0.176. The molecule has 0 bridgehead atoms. The first-order chi connectivity index (χ1) is 25.8. The summed E-state index contributed by atoms with van der Waals surface area (Å²) in [6.07, 6.45) is 0. The Bertz CT molecular complexity index is 2820. The van der Waals surface area contributed by atoms with Gasteiger partial charge in [-0.15, -0.1) is 0 Å². The standard InChI is InChI=1S/C46H29N5O/c1-5-16-30(17-6-1)34-28-29-36-35-24-15-25-37(45-49-43(31-18-7-2-8-19-31)48-44(50-45)32-20-9-3-10-21-32)41(35)52-42(36)40(34)46-47-38-26-13-14-27-39(38)51(46)33-22-11-4-12-23-33/h1-29H. The van der Waals surface area contributed by atoms with Crippen molar-refractivity contribution in [3.8, 4) is 62.4 Å². The molecule has 0 radical (unpaired) electrons. The van der Waals surface area contributed by atoms with Gasteiger partial charge in [0.1, 0.15) is 17.0 Å². The van der Waals surface area contributed by atoms with Gasteiger partial charge in [-0.1, -0.05) is 140 Å². The van der Waals surface area contributed by atoms with Crippen LogP contribution in [0.15, 0.2) is 180 Å². The Balaban J connectivity index is 1.28. The number of aromatic nitrogens is 5. The first-order valence-corrected chi connectivity index (χ1v) is 17.2. The van der Waals surface area contributed by atoms with Gasteiger partial charge < -0.3 is 4.42 Å². The molecule has 6 nitrogen and oxygen atoms in total. The lowest BCUT2D eigenvalue weighted by atomic mass is 9.96. The fraction of sp³-hybridized carbons (Fsp3) is 0. The lowest BCUT2D eigenvalue weighted by Crippen LogP contribution is -2.00. The molecule has 0 unspecified atom stereocenters. The van der Waals surface area contributed by atoms with Crippen LogP contribution in [0.5, 0.6) is 0 Å². The molecule has 3 heterocycles. The van der Waals surface area contributed by atoms with Gasteiger partial charge >= 0.3 is 0 Å². The lowest BCUT2D eigenvalue weighted by Gasteiger charge is -2.14. The van der Waals surface area contributed by atoms with E-state index in [0.29, 0.717) is 23.1 Å². The minimum Gasteiger partial charge on any atom is -0.454 e. The fourth-order valence-corrected chi connectivity index (χ4v) is 7.08. The molecule has 7 aromatic carbocycles. The molecule has 3 aromatic heterocycles. The topological polar surface area (TPSA) is 69.6 Å². The maximum absolute atomic E-state index is 7.11. The largest absolute Gasteiger partial charge is 0.454 e. The van der Waals surface area contributed by atoms with E-state index in [1.807, 2.05) is 91.0 Å². The molecule has 0 atom stereocenters. The average molecular weight is 668 g/mol. The molecule has 10 aromatic rings. The number of nitrogens with zero attached hydrogens (tertiary/aromatic N) is 5. The smallest absolute Gasteiger partial charge is 0.167 e. The van der Waals surface area contributed by atoms with E-state index in [-0.39, 0.29) is 0 Å².